The molecule has 2 N–H and O–H groups in total. The predicted molar refractivity (Wildman–Crippen MR) is 88.6 cm³/mol. The van der Waals surface area contributed by atoms with Gasteiger partial charge in [-0.1, -0.05) is 29.8 Å². The molecule has 0 radical (unpaired) electrons. The Balaban J connectivity index is 2.08. The van der Waals surface area contributed by atoms with E-state index in [1.807, 2.05) is 0 Å². The van der Waals surface area contributed by atoms with E-state index in [1.165, 1.54) is 0 Å². The van der Waals surface area contributed by atoms with Gasteiger partial charge in [-0.2, -0.15) is 0 Å². The maximum Gasteiger partial charge on any atom is 0.255 e. The van der Waals surface area contributed by atoms with Crippen molar-refractivity contribution >= 4 is 44.1 Å². The molecule has 0 aliphatic rings. The number of carbonyl (C=O) groups excluding carboxylic acids is 1. The Labute approximate surface area is 137 Å². The van der Waals surface area contributed by atoms with Crippen LogP contribution in [0.3, 0.4) is 0 Å². The summed E-state index contributed by atoms with van der Waals surface area (Å²) in [5, 5.41) is 2.78. The summed E-state index contributed by atoms with van der Waals surface area (Å²) < 4.78 is 23.3. The summed E-state index contributed by atoms with van der Waals surface area (Å²) >= 11 is 6.14. The highest BCUT2D eigenvalue weighted by molar-refractivity contribution is 7.90. The molecule has 3 aromatic rings. The van der Waals surface area contributed by atoms with Gasteiger partial charge in [0, 0.05) is 11.8 Å². The van der Waals surface area contributed by atoms with Crippen molar-refractivity contribution in [2.75, 3.05) is 11.6 Å². The van der Waals surface area contributed by atoms with E-state index >= 15 is 0 Å². The number of fused-ring (bicyclic) bond motifs is 1. The van der Waals surface area contributed by atoms with Crippen molar-refractivity contribution in [1.82, 2.24) is 9.97 Å². The number of aromatic nitrogens is 2. The molecular formula is C15H12ClN3O3S. The molecule has 1 heterocycles. The molecule has 8 heteroatoms. The molecule has 118 valence electrons. The summed E-state index contributed by atoms with van der Waals surface area (Å²) in [5.41, 5.74) is 1.49. The number of aromatic amines is 1. The summed E-state index contributed by atoms with van der Waals surface area (Å²) in [6.07, 6.45) is 1.05. The fraction of sp³-hybridized carbons (Fsp3) is 0.0667. The Morgan fingerprint density at radius 3 is 2.52 bits per heavy atom. The third-order valence-electron chi connectivity index (χ3n) is 3.21. The first-order valence-electron chi connectivity index (χ1n) is 6.61. The van der Waals surface area contributed by atoms with Crippen LogP contribution in [0.5, 0.6) is 0 Å². The molecule has 0 unspecified atom stereocenters. The van der Waals surface area contributed by atoms with Crippen LogP contribution < -0.4 is 5.32 Å². The third kappa shape index (κ3) is 3.06. The summed E-state index contributed by atoms with van der Waals surface area (Å²) in [6.45, 7) is 0. The Hall–Kier alpha value is -2.38. The van der Waals surface area contributed by atoms with Crippen LogP contribution in [0.4, 0.5) is 5.69 Å². The molecule has 0 atom stereocenters. The summed E-state index contributed by atoms with van der Waals surface area (Å²) in [5.74, 6) is -0.357. The van der Waals surface area contributed by atoms with Crippen molar-refractivity contribution in [3.05, 3.63) is 53.1 Å². The number of hydrogen-bond donors (Lipinski definition) is 2. The standard InChI is InChI=1S/C15H12ClN3O3S/c1-23(21,22)15-17-11-8-7-10(16)12(13(11)19-15)18-14(20)9-5-3-2-4-6-9/h2-8H,1H3,(H,17,19)(H,18,20). The number of anilines is 1. The zero-order valence-electron chi connectivity index (χ0n) is 12.0. The van der Waals surface area contributed by atoms with E-state index in [0.29, 0.717) is 16.6 Å². The van der Waals surface area contributed by atoms with Crippen LogP contribution >= 0.6 is 11.6 Å². The van der Waals surface area contributed by atoms with Crippen LogP contribution in [0.1, 0.15) is 10.4 Å². The minimum Gasteiger partial charge on any atom is -0.329 e. The number of H-pyrrole nitrogens is 1. The largest absolute Gasteiger partial charge is 0.329 e. The lowest BCUT2D eigenvalue weighted by Gasteiger charge is -2.07. The summed E-state index contributed by atoms with van der Waals surface area (Å²) in [7, 11) is -3.50. The molecule has 0 saturated heterocycles. The maximum atomic E-state index is 12.3. The molecule has 23 heavy (non-hydrogen) atoms. The van der Waals surface area contributed by atoms with Crippen molar-refractivity contribution < 1.29 is 13.2 Å². The van der Waals surface area contributed by atoms with Crippen LogP contribution in [-0.2, 0) is 9.84 Å². The highest BCUT2D eigenvalue weighted by Crippen LogP contribution is 2.31. The Kier molecular flexibility index (Phi) is 3.83. The fourth-order valence-electron chi connectivity index (χ4n) is 2.10. The van der Waals surface area contributed by atoms with E-state index in [-0.39, 0.29) is 21.8 Å². The van der Waals surface area contributed by atoms with Gasteiger partial charge in [-0.25, -0.2) is 13.4 Å². The fourth-order valence-corrected chi connectivity index (χ4v) is 2.85. The maximum absolute atomic E-state index is 12.3. The lowest BCUT2D eigenvalue weighted by molar-refractivity contribution is 0.102. The van der Waals surface area contributed by atoms with Crippen LogP contribution in [-0.4, -0.2) is 30.5 Å². The van der Waals surface area contributed by atoms with E-state index in [4.69, 9.17) is 11.6 Å². The first kappa shape index (κ1) is 15.5. The lowest BCUT2D eigenvalue weighted by atomic mass is 10.2. The van der Waals surface area contributed by atoms with Crippen molar-refractivity contribution in [1.29, 1.82) is 0 Å². The number of benzene rings is 2. The second kappa shape index (κ2) is 5.68. The lowest BCUT2D eigenvalue weighted by Crippen LogP contribution is -2.12. The highest BCUT2D eigenvalue weighted by Gasteiger charge is 2.18. The second-order valence-corrected chi connectivity index (χ2v) is 7.29. The van der Waals surface area contributed by atoms with Crippen molar-refractivity contribution in [3.63, 3.8) is 0 Å². The van der Waals surface area contributed by atoms with Gasteiger partial charge < -0.3 is 10.3 Å². The first-order valence-corrected chi connectivity index (χ1v) is 8.88. The van der Waals surface area contributed by atoms with Gasteiger partial charge >= 0.3 is 0 Å². The molecule has 0 fully saturated rings. The average Bonchev–Trinajstić information content (AvgIpc) is 2.95. The Morgan fingerprint density at radius 1 is 1.17 bits per heavy atom. The van der Waals surface area contributed by atoms with Crippen molar-refractivity contribution in [3.8, 4) is 0 Å². The molecule has 6 nitrogen and oxygen atoms in total. The van der Waals surface area contributed by atoms with Crippen molar-refractivity contribution in [2.45, 2.75) is 5.16 Å². The van der Waals surface area contributed by atoms with Crippen LogP contribution in [0.15, 0.2) is 47.6 Å². The molecule has 1 amide bonds. The predicted octanol–water partition coefficient (Wildman–Crippen LogP) is 2.87. The van der Waals surface area contributed by atoms with Crippen LogP contribution in [0, 0.1) is 0 Å². The van der Waals surface area contributed by atoms with Gasteiger partial charge in [0.05, 0.1) is 16.2 Å². The van der Waals surface area contributed by atoms with Crippen molar-refractivity contribution in [2.24, 2.45) is 0 Å². The Bertz CT molecular complexity index is 997. The van der Waals surface area contributed by atoms with E-state index in [0.717, 1.165) is 6.26 Å². The molecule has 2 aromatic carbocycles. The minimum atomic E-state index is -3.50. The van der Waals surface area contributed by atoms with Gasteiger partial charge in [0.15, 0.2) is 0 Å². The zero-order valence-corrected chi connectivity index (χ0v) is 13.6. The second-order valence-electron chi connectivity index (χ2n) is 4.95. The van der Waals surface area contributed by atoms with Gasteiger partial charge in [0.2, 0.25) is 15.0 Å². The SMILES string of the molecule is CS(=O)(=O)c1nc2c(NC(=O)c3ccccc3)c(Cl)ccc2[nH]1. The first-order chi connectivity index (χ1) is 10.9. The number of hydrogen-bond acceptors (Lipinski definition) is 4. The third-order valence-corrected chi connectivity index (χ3v) is 4.42. The molecule has 0 bridgehead atoms. The number of carbonyl (C=O) groups is 1. The van der Waals surface area contributed by atoms with Crippen LogP contribution in [0.2, 0.25) is 5.02 Å². The number of nitrogens with zero attached hydrogens (tertiary/aromatic N) is 1. The number of rotatable bonds is 3. The number of sulfone groups is 1. The molecule has 0 aliphatic heterocycles. The van der Waals surface area contributed by atoms with Gasteiger partial charge in [0.25, 0.3) is 5.91 Å². The smallest absolute Gasteiger partial charge is 0.255 e. The zero-order chi connectivity index (χ0) is 16.6. The van der Waals surface area contributed by atoms with E-state index in [1.54, 1.807) is 42.5 Å². The van der Waals surface area contributed by atoms with Gasteiger partial charge in [-0.3, -0.25) is 4.79 Å². The number of amides is 1. The van der Waals surface area contributed by atoms with Gasteiger partial charge in [-0.05, 0) is 24.3 Å². The topological polar surface area (TPSA) is 91.9 Å². The monoisotopic (exact) mass is 349 g/mol. The van der Waals surface area contributed by atoms with Crippen LogP contribution in [0.25, 0.3) is 11.0 Å². The number of halogens is 1. The Morgan fingerprint density at radius 2 is 1.87 bits per heavy atom. The minimum absolute atomic E-state index is 0.176. The summed E-state index contributed by atoms with van der Waals surface area (Å²) in [6, 6.07) is 11.8. The van der Waals surface area contributed by atoms with E-state index in [9.17, 15) is 13.2 Å². The molecule has 0 spiro atoms. The molecule has 0 aliphatic carbocycles. The molecular weight excluding hydrogens is 338 g/mol. The highest BCUT2D eigenvalue weighted by atomic mass is 35.5. The molecule has 3 rings (SSSR count). The molecule has 1 aromatic heterocycles. The number of nitrogens with one attached hydrogen (secondary N) is 2. The van der Waals surface area contributed by atoms with Gasteiger partial charge in [-0.15, -0.1) is 0 Å². The van der Waals surface area contributed by atoms with E-state index < -0.39 is 9.84 Å². The van der Waals surface area contributed by atoms with E-state index in [2.05, 4.69) is 15.3 Å². The van der Waals surface area contributed by atoms with Gasteiger partial charge in [0.1, 0.15) is 5.52 Å². The quantitative estimate of drug-likeness (QED) is 0.760. The number of imidazole rings is 1. The molecule has 0 saturated carbocycles. The normalized spacial score (nSPS) is 11.6. The average molecular weight is 350 g/mol. The summed E-state index contributed by atoms with van der Waals surface area (Å²) in [4.78, 5) is 19.0.